The molecule has 3 aromatic rings. The lowest BCUT2D eigenvalue weighted by Gasteiger charge is -2.13. The van der Waals surface area contributed by atoms with E-state index in [1.54, 1.807) is 61.5 Å². The molecular formula is C23H18Cl2N2O4S. The van der Waals surface area contributed by atoms with Crippen molar-refractivity contribution < 1.29 is 19.5 Å². The van der Waals surface area contributed by atoms with E-state index in [1.807, 2.05) is 0 Å². The molecule has 3 rings (SSSR count). The van der Waals surface area contributed by atoms with Gasteiger partial charge in [-0.2, -0.15) is 0 Å². The first-order chi connectivity index (χ1) is 15.2. The number of anilines is 2. The Bertz CT molecular complexity index is 1170. The molecule has 0 spiro atoms. The number of rotatable bonds is 7. The molecule has 0 bridgehead atoms. The number of carbonyl (C=O) groups is 3. The third-order valence-corrected chi connectivity index (χ3v) is 6.02. The normalized spacial score (nSPS) is 11.5. The van der Waals surface area contributed by atoms with Gasteiger partial charge in [-0.3, -0.25) is 9.59 Å². The van der Waals surface area contributed by atoms with Crippen molar-refractivity contribution in [1.29, 1.82) is 0 Å². The molecule has 0 aliphatic carbocycles. The minimum Gasteiger partial charge on any atom is -0.478 e. The van der Waals surface area contributed by atoms with Crippen molar-refractivity contribution in [2.75, 3.05) is 10.6 Å². The third-order valence-electron chi connectivity index (χ3n) is 4.35. The van der Waals surface area contributed by atoms with Crippen molar-refractivity contribution >= 4 is 64.1 Å². The molecular weight excluding hydrogens is 471 g/mol. The van der Waals surface area contributed by atoms with Gasteiger partial charge in [0.2, 0.25) is 5.91 Å². The highest BCUT2D eigenvalue weighted by Gasteiger charge is 2.17. The van der Waals surface area contributed by atoms with Gasteiger partial charge in [0.05, 0.1) is 15.8 Å². The maximum absolute atomic E-state index is 12.5. The molecule has 32 heavy (non-hydrogen) atoms. The van der Waals surface area contributed by atoms with E-state index in [2.05, 4.69) is 10.6 Å². The second-order valence-corrected chi connectivity index (χ2v) is 9.00. The summed E-state index contributed by atoms with van der Waals surface area (Å²) in [5, 5.41) is 14.8. The van der Waals surface area contributed by atoms with E-state index in [0.29, 0.717) is 22.0 Å². The molecule has 0 aromatic heterocycles. The highest BCUT2D eigenvalue weighted by atomic mass is 35.5. The zero-order valence-corrected chi connectivity index (χ0v) is 19.1. The van der Waals surface area contributed by atoms with Crippen molar-refractivity contribution in [3.63, 3.8) is 0 Å². The third kappa shape index (κ3) is 6.26. The van der Waals surface area contributed by atoms with Gasteiger partial charge in [-0.1, -0.05) is 29.3 Å². The molecule has 3 N–H and O–H groups in total. The van der Waals surface area contributed by atoms with Crippen LogP contribution >= 0.6 is 35.0 Å². The Kier molecular flexibility index (Phi) is 7.80. The lowest BCUT2D eigenvalue weighted by atomic mass is 10.2. The first-order valence-electron chi connectivity index (χ1n) is 9.40. The van der Waals surface area contributed by atoms with Crippen LogP contribution in [0, 0.1) is 0 Å². The van der Waals surface area contributed by atoms with E-state index in [1.165, 1.54) is 23.9 Å². The summed E-state index contributed by atoms with van der Waals surface area (Å²) < 4.78 is 0. The average Bonchev–Trinajstić information content (AvgIpc) is 2.76. The fourth-order valence-corrected chi connectivity index (χ4v) is 3.97. The summed E-state index contributed by atoms with van der Waals surface area (Å²) in [4.78, 5) is 36.8. The quantitative estimate of drug-likeness (QED) is 0.351. The Morgan fingerprint density at radius 1 is 0.906 bits per heavy atom. The molecule has 164 valence electrons. The van der Waals surface area contributed by atoms with E-state index in [0.717, 1.165) is 4.90 Å². The number of carbonyl (C=O) groups excluding carboxylic acids is 2. The number of hydrogen-bond donors (Lipinski definition) is 3. The Balaban J connectivity index is 1.59. The number of halogens is 2. The summed E-state index contributed by atoms with van der Waals surface area (Å²) in [5.74, 6) is -1.73. The monoisotopic (exact) mass is 488 g/mol. The largest absolute Gasteiger partial charge is 0.478 e. The number of benzene rings is 3. The predicted octanol–water partition coefficient (Wildman–Crippen LogP) is 6.06. The molecule has 0 saturated heterocycles. The van der Waals surface area contributed by atoms with Crippen LogP contribution in [0.2, 0.25) is 10.0 Å². The number of hydrogen-bond acceptors (Lipinski definition) is 4. The fourth-order valence-electron chi connectivity index (χ4n) is 2.72. The fraction of sp³-hybridized carbons (Fsp3) is 0.0870. The van der Waals surface area contributed by atoms with Gasteiger partial charge in [0.1, 0.15) is 0 Å². The second-order valence-electron chi connectivity index (χ2n) is 6.74. The van der Waals surface area contributed by atoms with Gasteiger partial charge in [-0.15, -0.1) is 11.8 Å². The maximum Gasteiger partial charge on any atom is 0.337 e. The van der Waals surface area contributed by atoms with Crippen LogP contribution < -0.4 is 10.6 Å². The number of carboxylic acid groups (broad SMARTS) is 1. The number of thioether (sulfide) groups is 1. The standard InChI is InChI=1S/C23H18Cl2N2O4S/c1-13(21(28)27-17-7-10-20(25)19(12-17)23(30)31)32-18-8-5-16(6-9-18)26-22(29)14-3-2-4-15(24)11-14/h2-13H,1H3,(H,26,29)(H,27,28)(H,30,31). The van der Waals surface area contributed by atoms with Crippen LogP contribution in [0.25, 0.3) is 0 Å². The number of nitrogens with one attached hydrogen (secondary N) is 2. The molecule has 0 aliphatic heterocycles. The summed E-state index contributed by atoms with van der Waals surface area (Å²) in [7, 11) is 0. The summed E-state index contributed by atoms with van der Waals surface area (Å²) in [6.07, 6.45) is 0. The molecule has 9 heteroatoms. The smallest absolute Gasteiger partial charge is 0.337 e. The molecule has 0 aliphatic rings. The van der Waals surface area contributed by atoms with Crippen molar-refractivity contribution in [3.05, 3.63) is 87.9 Å². The first-order valence-corrected chi connectivity index (χ1v) is 11.0. The van der Waals surface area contributed by atoms with Crippen LogP contribution in [0.1, 0.15) is 27.6 Å². The summed E-state index contributed by atoms with van der Waals surface area (Å²) in [5.41, 5.74) is 1.33. The van der Waals surface area contributed by atoms with Gasteiger partial charge in [-0.05, 0) is 67.6 Å². The lowest BCUT2D eigenvalue weighted by molar-refractivity contribution is -0.115. The second kappa shape index (κ2) is 10.5. The van der Waals surface area contributed by atoms with Crippen molar-refractivity contribution in [1.82, 2.24) is 0 Å². The topological polar surface area (TPSA) is 95.5 Å². The molecule has 3 aromatic carbocycles. The van der Waals surface area contributed by atoms with Crippen LogP contribution in [-0.4, -0.2) is 28.1 Å². The van der Waals surface area contributed by atoms with Crippen LogP contribution in [0.15, 0.2) is 71.6 Å². The minimum absolute atomic E-state index is 0.0832. The lowest BCUT2D eigenvalue weighted by Crippen LogP contribution is -2.22. The number of amides is 2. The molecule has 0 heterocycles. The van der Waals surface area contributed by atoms with Gasteiger partial charge in [0.25, 0.3) is 5.91 Å². The number of carboxylic acids is 1. The SMILES string of the molecule is CC(Sc1ccc(NC(=O)c2cccc(Cl)c2)cc1)C(=O)Nc1ccc(Cl)c(C(=O)O)c1. The van der Waals surface area contributed by atoms with E-state index in [-0.39, 0.29) is 22.4 Å². The first kappa shape index (κ1) is 23.7. The number of aromatic carboxylic acids is 1. The average molecular weight is 489 g/mol. The Hall–Kier alpha value is -3.00. The predicted molar refractivity (Wildman–Crippen MR) is 128 cm³/mol. The van der Waals surface area contributed by atoms with Crippen LogP contribution in [0.5, 0.6) is 0 Å². The molecule has 0 fully saturated rings. The van der Waals surface area contributed by atoms with E-state index in [4.69, 9.17) is 28.3 Å². The van der Waals surface area contributed by atoms with E-state index < -0.39 is 11.2 Å². The van der Waals surface area contributed by atoms with Gasteiger partial charge in [0.15, 0.2) is 0 Å². The molecule has 0 saturated carbocycles. The minimum atomic E-state index is -1.17. The molecule has 1 atom stereocenters. The van der Waals surface area contributed by atoms with E-state index in [9.17, 15) is 14.4 Å². The van der Waals surface area contributed by atoms with E-state index >= 15 is 0 Å². The van der Waals surface area contributed by atoms with Crippen LogP contribution in [0.3, 0.4) is 0 Å². The summed E-state index contributed by atoms with van der Waals surface area (Å²) >= 11 is 13.1. The van der Waals surface area contributed by atoms with Gasteiger partial charge in [0, 0.05) is 26.9 Å². The zero-order chi connectivity index (χ0) is 23.3. The van der Waals surface area contributed by atoms with Gasteiger partial charge < -0.3 is 15.7 Å². The van der Waals surface area contributed by atoms with Crippen LogP contribution in [0.4, 0.5) is 11.4 Å². The Labute approximate surface area is 198 Å². The summed E-state index contributed by atoms with van der Waals surface area (Å²) in [6.45, 7) is 1.74. The van der Waals surface area contributed by atoms with Crippen molar-refractivity contribution in [2.45, 2.75) is 17.1 Å². The summed E-state index contributed by atoms with van der Waals surface area (Å²) in [6, 6.07) is 18.0. The molecule has 0 radical (unpaired) electrons. The van der Waals surface area contributed by atoms with Crippen LogP contribution in [-0.2, 0) is 4.79 Å². The maximum atomic E-state index is 12.5. The Morgan fingerprint density at radius 3 is 2.25 bits per heavy atom. The Morgan fingerprint density at radius 2 is 1.59 bits per heavy atom. The van der Waals surface area contributed by atoms with Gasteiger partial charge >= 0.3 is 5.97 Å². The van der Waals surface area contributed by atoms with Crippen molar-refractivity contribution in [2.24, 2.45) is 0 Å². The van der Waals surface area contributed by atoms with Gasteiger partial charge in [-0.25, -0.2) is 4.79 Å². The molecule has 2 amide bonds. The highest BCUT2D eigenvalue weighted by Crippen LogP contribution is 2.27. The van der Waals surface area contributed by atoms with Crippen molar-refractivity contribution in [3.8, 4) is 0 Å². The zero-order valence-electron chi connectivity index (χ0n) is 16.8. The molecule has 6 nitrogen and oxygen atoms in total. The molecule has 1 unspecified atom stereocenters. The highest BCUT2D eigenvalue weighted by molar-refractivity contribution is 8.00.